The lowest BCUT2D eigenvalue weighted by Gasteiger charge is -2.29. The molecule has 9 nitrogen and oxygen atoms in total. The number of methoxy groups -OCH3 is 1. The molecule has 4 aromatic rings. The molecule has 0 spiro atoms. The number of rotatable bonds is 6. The Morgan fingerprint density at radius 2 is 1.92 bits per heavy atom. The third-order valence-corrected chi connectivity index (χ3v) is 7.60. The van der Waals surface area contributed by atoms with Gasteiger partial charge in [0.2, 0.25) is 5.91 Å². The van der Waals surface area contributed by atoms with Crippen LogP contribution in [0.3, 0.4) is 0 Å². The standard InChI is InChI=1S/C27H28ClN5O4/c1-15(26(34)32-9-11-37-12-10-32)33-27(35)18-6-4-3-5-17(18)23(31-33)24(36-2)25-29-21-13-19(16-7-8-16)20(28)14-22(21)30-25/h3-6,13-16,24H,7-12H2,1-2H3,(H,29,30). The molecule has 1 N–H and O–H groups in total. The zero-order valence-electron chi connectivity index (χ0n) is 20.7. The molecule has 1 saturated heterocycles. The van der Waals surface area contributed by atoms with Gasteiger partial charge in [0.1, 0.15) is 17.6 Å². The van der Waals surface area contributed by atoms with Crippen LogP contribution in [0.1, 0.15) is 54.9 Å². The van der Waals surface area contributed by atoms with Gasteiger partial charge in [0.05, 0.1) is 29.6 Å². The zero-order valence-corrected chi connectivity index (χ0v) is 21.5. The fourth-order valence-corrected chi connectivity index (χ4v) is 5.41. The molecule has 2 aromatic heterocycles. The molecule has 1 aliphatic carbocycles. The van der Waals surface area contributed by atoms with Crippen molar-refractivity contribution in [3.63, 3.8) is 0 Å². The molecule has 6 rings (SSSR count). The number of aromatic nitrogens is 4. The van der Waals surface area contributed by atoms with Crippen LogP contribution in [0.25, 0.3) is 21.8 Å². The molecule has 1 amide bonds. The van der Waals surface area contributed by atoms with E-state index in [1.54, 1.807) is 31.1 Å². The number of morpholine rings is 1. The number of hydrogen-bond acceptors (Lipinski definition) is 6. The van der Waals surface area contributed by atoms with Gasteiger partial charge in [0.15, 0.2) is 6.10 Å². The normalized spacial score (nSPS) is 17.9. The van der Waals surface area contributed by atoms with Crippen molar-refractivity contribution in [2.24, 2.45) is 0 Å². The lowest BCUT2D eigenvalue weighted by Crippen LogP contribution is -2.45. The van der Waals surface area contributed by atoms with Gasteiger partial charge in [-0.3, -0.25) is 9.59 Å². The molecule has 2 atom stereocenters. The van der Waals surface area contributed by atoms with Gasteiger partial charge in [-0.1, -0.05) is 29.8 Å². The lowest BCUT2D eigenvalue weighted by atomic mass is 10.1. The second kappa shape index (κ2) is 9.55. The predicted octanol–water partition coefficient (Wildman–Crippen LogP) is 3.96. The first-order chi connectivity index (χ1) is 18.0. The molecule has 1 saturated carbocycles. The summed E-state index contributed by atoms with van der Waals surface area (Å²) in [7, 11) is 1.58. The van der Waals surface area contributed by atoms with Gasteiger partial charge in [0.25, 0.3) is 5.56 Å². The number of hydrogen-bond donors (Lipinski definition) is 1. The van der Waals surface area contributed by atoms with E-state index in [0.29, 0.717) is 54.5 Å². The first-order valence-electron chi connectivity index (χ1n) is 12.6. The van der Waals surface area contributed by atoms with Crippen LogP contribution in [0.4, 0.5) is 0 Å². The van der Waals surface area contributed by atoms with Crippen LogP contribution in [-0.2, 0) is 14.3 Å². The Morgan fingerprint density at radius 1 is 1.19 bits per heavy atom. The van der Waals surface area contributed by atoms with E-state index in [0.717, 1.165) is 34.5 Å². The smallest absolute Gasteiger partial charge is 0.275 e. The largest absolute Gasteiger partial charge is 0.378 e. The average Bonchev–Trinajstić information content (AvgIpc) is 3.69. The minimum atomic E-state index is -0.790. The fourth-order valence-electron chi connectivity index (χ4n) is 5.09. The molecular weight excluding hydrogens is 494 g/mol. The SMILES string of the molecule is COC(c1nc2cc(C3CC3)c(Cl)cc2[nH]1)c1nn(C(C)C(=O)N2CCOCC2)c(=O)c2ccccc12. The Kier molecular flexibility index (Phi) is 6.22. The molecule has 10 heteroatoms. The molecule has 0 radical (unpaired) electrons. The van der Waals surface area contributed by atoms with E-state index >= 15 is 0 Å². The number of imidazole rings is 1. The van der Waals surface area contributed by atoms with Crippen molar-refractivity contribution in [1.82, 2.24) is 24.6 Å². The highest BCUT2D eigenvalue weighted by Gasteiger charge is 2.30. The molecule has 2 unspecified atom stereocenters. The van der Waals surface area contributed by atoms with Crippen LogP contribution in [0, 0.1) is 0 Å². The highest BCUT2D eigenvalue weighted by atomic mass is 35.5. The van der Waals surface area contributed by atoms with Gasteiger partial charge in [-0.2, -0.15) is 5.10 Å². The molecule has 2 aliphatic rings. The summed E-state index contributed by atoms with van der Waals surface area (Å²) >= 11 is 6.55. The quantitative estimate of drug-likeness (QED) is 0.412. The van der Waals surface area contributed by atoms with Crippen molar-refractivity contribution in [2.75, 3.05) is 33.4 Å². The number of nitrogens with one attached hydrogen (secondary N) is 1. The van der Waals surface area contributed by atoms with Crippen LogP contribution in [0.2, 0.25) is 5.02 Å². The summed E-state index contributed by atoms with van der Waals surface area (Å²) < 4.78 is 12.6. The van der Waals surface area contributed by atoms with E-state index in [2.05, 4.69) is 4.98 Å². The van der Waals surface area contributed by atoms with Crippen LogP contribution in [0.15, 0.2) is 41.2 Å². The average molecular weight is 522 g/mol. The van der Waals surface area contributed by atoms with Crippen LogP contribution >= 0.6 is 11.6 Å². The summed E-state index contributed by atoms with van der Waals surface area (Å²) in [5.74, 6) is 0.880. The van der Waals surface area contributed by atoms with Crippen molar-refractivity contribution in [1.29, 1.82) is 0 Å². The van der Waals surface area contributed by atoms with Gasteiger partial charge in [-0.25, -0.2) is 9.67 Å². The number of carbonyl (C=O) groups excluding carboxylic acids is 1. The Balaban J connectivity index is 1.46. The number of H-pyrrole nitrogens is 1. The van der Waals surface area contributed by atoms with E-state index in [4.69, 9.17) is 31.2 Å². The van der Waals surface area contributed by atoms with E-state index in [1.165, 1.54) is 4.68 Å². The zero-order chi connectivity index (χ0) is 25.7. The van der Waals surface area contributed by atoms with Crippen molar-refractivity contribution >= 4 is 39.3 Å². The number of fused-ring (bicyclic) bond motifs is 2. The molecule has 2 aromatic carbocycles. The molecule has 192 valence electrons. The number of benzene rings is 2. The molecule has 0 bridgehead atoms. The minimum Gasteiger partial charge on any atom is -0.378 e. The van der Waals surface area contributed by atoms with Gasteiger partial charge in [-0.15, -0.1) is 0 Å². The van der Waals surface area contributed by atoms with Gasteiger partial charge >= 0.3 is 0 Å². The number of nitrogens with zero attached hydrogens (tertiary/aromatic N) is 4. The Morgan fingerprint density at radius 3 is 2.62 bits per heavy atom. The number of aromatic amines is 1. The highest BCUT2D eigenvalue weighted by molar-refractivity contribution is 6.32. The third kappa shape index (κ3) is 4.31. The van der Waals surface area contributed by atoms with Gasteiger partial charge < -0.3 is 19.4 Å². The van der Waals surface area contributed by atoms with E-state index in [9.17, 15) is 9.59 Å². The number of ether oxygens (including phenoxy) is 2. The van der Waals surface area contributed by atoms with Crippen molar-refractivity contribution in [3.8, 4) is 0 Å². The number of carbonyl (C=O) groups is 1. The van der Waals surface area contributed by atoms with Crippen molar-refractivity contribution in [2.45, 2.75) is 37.8 Å². The summed E-state index contributed by atoms with van der Waals surface area (Å²) in [6, 6.07) is 10.4. The Hall–Kier alpha value is -3.27. The highest BCUT2D eigenvalue weighted by Crippen LogP contribution is 2.44. The van der Waals surface area contributed by atoms with Crippen LogP contribution < -0.4 is 5.56 Å². The Bertz CT molecular complexity index is 1550. The number of halogens is 1. The molecule has 1 aliphatic heterocycles. The lowest BCUT2D eigenvalue weighted by molar-refractivity contribution is -0.138. The maximum atomic E-state index is 13.5. The summed E-state index contributed by atoms with van der Waals surface area (Å²) in [4.78, 5) is 36.6. The molecule has 37 heavy (non-hydrogen) atoms. The summed E-state index contributed by atoms with van der Waals surface area (Å²) in [5, 5.41) is 6.57. The first-order valence-corrected chi connectivity index (χ1v) is 12.9. The van der Waals surface area contributed by atoms with E-state index in [-0.39, 0.29) is 11.5 Å². The van der Waals surface area contributed by atoms with Crippen LogP contribution in [-0.4, -0.2) is 64.0 Å². The second-order valence-electron chi connectivity index (χ2n) is 9.70. The van der Waals surface area contributed by atoms with Gasteiger partial charge in [-0.05, 0) is 49.4 Å². The monoisotopic (exact) mass is 521 g/mol. The molecule has 3 heterocycles. The van der Waals surface area contributed by atoms with Crippen molar-refractivity contribution < 1.29 is 14.3 Å². The fraction of sp³-hybridized carbons (Fsp3) is 0.407. The topological polar surface area (TPSA) is 102 Å². The maximum Gasteiger partial charge on any atom is 0.275 e. The first kappa shape index (κ1) is 24.1. The predicted molar refractivity (Wildman–Crippen MR) is 140 cm³/mol. The van der Waals surface area contributed by atoms with E-state index < -0.39 is 12.1 Å². The van der Waals surface area contributed by atoms with E-state index in [1.807, 2.05) is 24.3 Å². The number of amides is 1. The summed E-state index contributed by atoms with van der Waals surface area (Å²) in [6.07, 6.45) is 1.59. The van der Waals surface area contributed by atoms with Crippen molar-refractivity contribution in [3.05, 3.63) is 68.9 Å². The molecule has 2 fully saturated rings. The van der Waals surface area contributed by atoms with Gasteiger partial charge in [0, 0.05) is 30.6 Å². The Labute approximate surface area is 218 Å². The maximum absolute atomic E-state index is 13.5. The third-order valence-electron chi connectivity index (χ3n) is 7.27. The second-order valence-corrected chi connectivity index (χ2v) is 10.1. The summed E-state index contributed by atoms with van der Waals surface area (Å²) in [5.41, 5.74) is 2.91. The molecular formula is C27H28ClN5O4. The summed E-state index contributed by atoms with van der Waals surface area (Å²) in [6.45, 7) is 3.64. The minimum absolute atomic E-state index is 0.168. The van der Waals surface area contributed by atoms with Crippen LogP contribution in [0.5, 0.6) is 0 Å².